The molecule has 2 heteroatoms. The smallest absolute Gasteiger partial charge is 0.0809 e. The standard InChI is InChI=1S/C27H44O2/c1-18(2)8-6-9-19(3)23-13-14-24-22(10-7-15-27(23,24)5)12-11-21-16-25(28)20(4)26(29)17-21/h11-12,18-19,23-26,28-29H,4,6-10,13-17H2,1-3,5H3/b22-12+/t19-,23-,24+,25-,26-,27-/m1/s1. The summed E-state index contributed by atoms with van der Waals surface area (Å²) in [6.45, 7) is 13.6. The molecule has 3 saturated carbocycles. The fourth-order valence-corrected chi connectivity index (χ4v) is 6.69. The molecule has 0 unspecified atom stereocenters. The Balaban J connectivity index is 1.68. The van der Waals surface area contributed by atoms with Crippen LogP contribution in [0.2, 0.25) is 0 Å². The Kier molecular flexibility index (Phi) is 7.49. The van der Waals surface area contributed by atoms with Crippen molar-refractivity contribution >= 4 is 0 Å². The zero-order chi connectivity index (χ0) is 21.2. The fourth-order valence-electron chi connectivity index (χ4n) is 6.69. The summed E-state index contributed by atoms with van der Waals surface area (Å²) in [7, 11) is 0. The normalized spacial score (nSPS) is 37.8. The van der Waals surface area contributed by atoms with E-state index in [-0.39, 0.29) is 0 Å². The predicted molar refractivity (Wildman–Crippen MR) is 123 cm³/mol. The van der Waals surface area contributed by atoms with Crippen molar-refractivity contribution < 1.29 is 10.2 Å². The average molecular weight is 401 g/mol. The summed E-state index contributed by atoms with van der Waals surface area (Å²) in [5, 5.41) is 20.3. The van der Waals surface area contributed by atoms with Gasteiger partial charge >= 0.3 is 0 Å². The highest BCUT2D eigenvalue weighted by molar-refractivity contribution is 5.29. The van der Waals surface area contributed by atoms with Gasteiger partial charge in [-0.1, -0.05) is 76.8 Å². The first-order valence-electron chi connectivity index (χ1n) is 12.2. The first kappa shape index (κ1) is 22.8. The number of fused-ring (bicyclic) bond motifs is 1. The molecule has 3 aliphatic rings. The Morgan fingerprint density at radius 1 is 1.07 bits per heavy atom. The highest BCUT2D eigenvalue weighted by Crippen LogP contribution is 2.59. The van der Waals surface area contributed by atoms with Crippen molar-refractivity contribution in [3.05, 3.63) is 35.5 Å². The van der Waals surface area contributed by atoms with Crippen LogP contribution in [0.3, 0.4) is 0 Å². The van der Waals surface area contributed by atoms with E-state index in [2.05, 4.69) is 46.4 Å². The Morgan fingerprint density at radius 3 is 2.41 bits per heavy atom. The monoisotopic (exact) mass is 400 g/mol. The van der Waals surface area contributed by atoms with Crippen LogP contribution in [0.15, 0.2) is 35.5 Å². The molecular weight excluding hydrogens is 356 g/mol. The lowest BCUT2D eigenvalue weighted by atomic mass is 9.60. The van der Waals surface area contributed by atoms with Gasteiger partial charge in [-0.05, 0) is 79.6 Å². The quantitative estimate of drug-likeness (QED) is 0.494. The van der Waals surface area contributed by atoms with E-state index < -0.39 is 12.2 Å². The molecule has 6 atom stereocenters. The number of hydrogen-bond donors (Lipinski definition) is 2. The second-order valence-corrected chi connectivity index (χ2v) is 11.0. The van der Waals surface area contributed by atoms with Gasteiger partial charge in [0.05, 0.1) is 12.2 Å². The van der Waals surface area contributed by atoms with Crippen LogP contribution in [-0.4, -0.2) is 22.4 Å². The van der Waals surface area contributed by atoms with Crippen molar-refractivity contribution in [3.63, 3.8) is 0 Å². The van der Waals surface area contributed by atoms with Gasteiger partial charge in [-0.25, -0.2) is 0 Å². The number of hydrogen-bond acceptors (Lipinski definition) is 2. The molecule has 0 bridgehead atoms. The molecule has 0 aliphatic heterocycles. The van der Waals surface area contributed by atoms with Crippen LogP contribution < -0.4 is 0 Å². The molecule has 0 amide bonds. The van der Waals surface area contributed by atoms with Crippen molar-refractivity contribution in [2.24, 2.45) is 29.1 Å². The van der Waals surface area contributed by atoms with Gasteiger partial charge in [0, 0.05) is 0 Å². The Labute approximate surface area is 179 Å². The fraction of sp³-hybridized carbons (Fsp3) is 0.778. The van der Waals surface area contributed by atoms with Crippen molar-refractivity contribution in [1.82, 2.24) is 0 Å². The summed E-state index contributed by atoms with van der Waals surface area (Å²) in [5.41, 5.74) is 3.81. The van der Waals surface area contributed by atoms with E-state index in [1.54, 1.807) is 5.57 Å². The topological polar surface area (TPSA) is 40.5 Å². The largest absolute Gasteiger partial charge is 0.388 e. The minimum Gasteiger partial charge on any atom is -0.388 e. The molecule has 2 N–H and O–H groups in total. The molecule has 29 heavy (non-hydrogen) atoms. The second kappa shape index (κ2) is 9.52. The third-order valence-corrected chi connectivity index (χ3v) is 8.47. The SMILES string of the molecule is C=C1[C@H](O)CC(=C/C=C2\CCC[C@]3(C)[C@@H]([C@H](C)CCCC(C)C)CC[C@@H]23)C[C@H]1O. The first-order chi connectivity index (χ1) is 13.7. The number of aliphatic hydroxyl groups excluding tert-OH is 2. The van der Waals surface area contributed by atoms with Gasteiger partial charge in [0.1, 0.15) is 0 Å². The summed E-state index contributed by atoms with van der Waals surface area (Å²) >= 11 is 0. The van der Waals surface area contributed by atoms with Crippen LogP contribution in [-0.2, 0) is 0 Å². The second-order valence-electron chi connectivity index (χ2n) is 11.0. The summed E-state index contributed by atoms with van der Waals surface area (Å²) in [5.74, 6) is 3.23. The van der Waals surface area contributed by atoms with Crippen LogP contribution in [0.25, 0.3) is 0 Å². The van der Waals surface area contributed by atoms with Crippen LogP contribution in [0.1, 0.15) is 91.9 Å². The van der Waals surface area contributed by atoms with Crippen molar-refractivity contribution in [1.29, 1.82) is 0 Å². The maximum Gasteiger partial charge on any atom is 0.0809 e. The molecule has 0 heterocycles. The lowest BCUT2D eigenvalue weighted by Gasteiger charge is -2.44. The molecule has 3 fully saturated rings. The van der Waals surface area contributed by atoms with Crippen molar-refractivity contribution in [2.45, 2.75) is 104 Å². The van der Waals surface area contributed by atoms with Gasteiger partial charge in [-0.15, -0.1) is 0 Å². The lowest BCUT2D eigenvalue weighted by Crippen LogP contribution is -2.36. The van der Waals surface area contributed by atoms with Gasteiger partial charge < -0.3 is 10.2 Å². The highest BCUT2D eigenvalue weighted by atomic mass is 16.3. The minimum atomic E-state index is -0.595. The number of allylic oxidation sites excluding steroid dienone is 3. The number of rotatable bonds is 6. The maximum atomic E-state index is 10.1. The maximum absolute atomic E-state index is 10.1. The predicted octanol–water partition coefficient (Wildman–Crippen LogP) is 6.59. The molecule has 3 aliphatic carbocycles. The van der Waals surface area contributed by atoms with Gasteiger partial charge in [0.2, 0.25) is 0 Å². The molecule has 3 rings (SSSR count). The molecule has 0 spiro atoms. The zero-order valence-electron chi connectivity index (χ0n) is 19.3. The van der Waals surface area contributed by atoms with Crippen LogP contribution >= 0.6 is 0 Å². The molecule has 0 radical (unpaired) electrons. The lowest BCUT2D eigenvalue weighted by molar-refractivity contribution is 0.0928. The molecule has 0 aromatic rings. The average Bonchev–Trinajstić information content (AvgIpc) is 3.01. The molecule has 0 aromatic carbocycles. The van der Waals surface area contributed by atoms with Gasteiger partial charge in [0.25, 0.3) is 0 Å². The van der Waals surface area contributed by atoms with Crippen LogP contribution in [0.5, 0.6) is 0 Å². The van der Waals surface area contributed by atoms with E-state index in [9.17, 15) is 10.2 Å². The van der Waals surface area contributed by atoms with Gasteiger partial charge in [-0.3, -0.25) is 0 Å². The Hall–Kier alpha value is -0.860. The minimum absolute atomic E-state index is 0.458. The zero-order valence-corrected chi connectivity index (χ0v) is 19.3. The molecule has 0 saturated heterocycles. The number of aliphatic hydroxyl groups is 2. The van der Waals surface area contributed by atoms with Crippen molar-refractivity contribution in [2.75, 3.05) is 0 Å². The van der Waals surface area contributed by atoms with E-state index in [1.807, 2.05) is 0 Å². The molecule has 0 aromatic heterocycles. The van der Waals surface area contributed by atoms with Gasteiger partial charge in [0.15, 0.2) is 0 Å². The van der Waals surface area contributed by atoms with Crippen molar-refractivity contribution in [3.8, 4) is 0 Å². The van der Waals surface area contributed by atoms with Crippen LogP contribution in [0.4, 0.5) is 0 Å². The van der Waals surface area contributed by atoms with E-state index in [4.69, 9.17) is 0 Å². The third kappa shape index (κ3) is 5.07. The summed E-state index contributed by atoms with van der Waals surface area (Å²) in [4.78, 5) is 0. The molecule has 2 nitrogen and oxygen atoms in total. The Morgan fingerprint density at radius 2 is 1.76 bits per heavy atom. The van der Waals surface area contributed by atoms with E-state index in [0.717, 1.165) is 29.2 Å². The summed E-state index contributed by atoms with van der Waals surface area (Å²) < 4.78 is 0. The van der Waals surface area contributed by atoms with E-state index in [1.165, 1.54) is 51.4 Å². The Bertz CT molecular complexity index is 627. The van der Waals surface area contributed by atoms with Crippen LogP contribution in [0, 0.1) is 29.1 Å². The molecular formula is C27H44O2. The van der Waals surface area contributed by atoms with Gasteiger partial charge in [-0.2, -0.15) is 0 Å². The van der Waals surface area contributed by atoms with E-state index in [0.29, 0.717) is 23.8 Å². The first-order valence-corrected chi connectivity index (χ1v) is 12.2. The van der Waals surface area contributed by atoms with E-state index >= 15 is 0 Å². The summed E-state index contributed by atoms with van der Waals surface area (Å²) in [6.07, 6.45) is 15.4. The highest BCUT2D eigenvalue weighted by Gasteiger charge is 2.50. The third-order valence-electron chi connectivity index (χ3n) is 8.47. The molecule has 164 valence electrons. The summed E-state index contributed by atoms with van der Waals surface area (Å²) in [6, 6.07) is 0.